The molecule has 0 radical (unpaired) electrons. The Balaban J connectivity index is 2.22. The lowest BCUT2D eigenvalue weighted by atomic mass is 10.1. The largest absolute Gasteiger partial charge is 0.337 e. The van der Waals surface area contributed by atoms with Crippen molar-refractivity contribution >= 4 is 33.8 Å². The van der Waals surface area contributed by atoms with Gasteiger partial charge in [-0.2, -0.15) is 0 Å². The summed E-state index contributed by atoms with van der Waals surface area (Å²) in [6.45, 7) is 0. The molecule has 1 aliphatic carbocycles. The van der Waals surface area contributed by atoms with Crippen LogP contribution in [0.3, 0.4) is 0 Å². The molecule has 0 fully saturated rings. The van der Waals surface area contributed by atoms with Crippen molar-refractivity contribution < 1.29 is 0 Å². The van der Waals surface area contributed by atoms with Gasteiger partial charge in [0.15, 0.2) is 0 Å². The molecule has 0 amide bonds. The second-order valence-electron chi connectivity index (χ2n) is 4.15. The van der Waals surface area contributed by atoms with Gasteiger partial charge in [-0.1, -0.05) is 36.5 Å². The highest BCUT2D eigenvalue weighted by Gasteiger charge is 2.24. The molecule has 0 spiro atoms. The third-order valence-corrected chi connectivity index (χ3v) is 4.62. The van der Waals surface area contributed by atoms with E-state index in [2.05, 4.69) is 34.2 Å². The zero-order valence-electron chi connectivity index (χ0n) is 8.86. The number of aromatic amines is 1. The first kappa shape index (κ1) is 9.50. The molecule has 0 saturated heterocycles. The van der Waals surface area contributed by atoms with Crippen LogP contribution >= 0.6 is 23.6 Å². The van der Waals surface area contributed by atoms with Crippen LogP contribution in [0.4, 0.5) is 0 Å². The number of hydrogen-bond acceptors (Lipinski definition) is 3. The number of fused-ring (bicyclic) bond motifs is 5. The molecule has 4 heteroatoms. The number of thiophene rings is 1. The molecule has 1 N–H and O–H groups in total. The van der Waals surface area contributed by atoms with Gasteiger partial charge in [0.25, 0.3) is 0 Å². The maximum atomic E-state index is 5.39. The molecule has 0 unspecified atom stereocenters. The molecule has 2 heterocycles. The molecule has 2 aromatic heterocycles. The van der Waals surface area contributed by atoms with Gasteiger partial charge in [0.05, 0.1) is 11.7 Å². The molecule has 82 valence electrons. The highest BCUT2D eigenvalue weighted by molar-refractivity contribution is 7.71. The van der Waals surface area contributed by atoms with Gasteiger partial charge in [-0.25, -0.2) is 4.98 Å². The van der Waals surface area contributed by atoms with E-state index < -0.39 is 0 Å². The Kier molecular flexibility index (Phi) is 1.81. The molecular formula is C13H8N2S2. The molecule has 0 aliphatic heterocycles. The predicted octanol–water partition coefficient (Wildman–Crippen LogP) is 3.93. The van der Waals surface area contributed by atoms with Gasteiger partial charge in [0.2, 0.25) is 0 Å². The van der Waals surface area contributed by atoms with E-state index in [1.54, 1.807) is 17.7 Å². The maximum Gasteiger partial charge on any atom is 0.128 e. The number of nitrogens with zero attached hydrogens (tertiary/aromatic N) is 1. The Morgan fingerprint density at radius 1 is 1.29 bits per heavy atom. The number of hydrogen-bond donors (Lipinski definition) is 1. The quantitative estimate of drug-likeness (QED) is 0.483. The number of H-pyrrole nitrogens is 1. The second kappa shape index (κ2) is 3.24. The van der Waals surface area contributed by atoms with Gasteiger partial charge in [0, 0.05) is 16.9 Å². The monoisotopic (exact) mass is 256 g/mol. The van der Waals surface area contributed by atoms with E-state index in [0.717, 1.165) is 21.3 Å². The van der Waals surface area contributed by atoms with Crippen molar-refractivity contribution in [2.24, 2.45) is 0 Å². The third-order valence-electron chi connectivity index (χ3n) is 3.20. The van der Waals surface area contributed by atoms with Crippen molar-refractivity contribution in [1.82, 2.24) is 9.97 Å². The fourth-order valence-corrected chi connectivity index (χ4v) is 3.99. The molecule has 2 nitrogen and oxygen atoms in total. The Morgan fingerprint density at radius 2 is 2.18 bits per heavy atom. The summed E-state index contributed by atoms with van der Waals surface area (Å²) in [7, 11) is 0. The molecular weight excluding hydrogens is 248 g/mol. The maximum absolute atomic E-state index is 5.39. The van der Waals surface area contributed by atoms with Gasteiger partial charge in [-0.15, -0.1) is 11.3 Å². The molecule has 0 saturated carbocycles. The molecule has 1 aliphatic rings. The smallest absolute Gasteiger partial charge is 0.128 e. The van der Waals surface area contributed by atoms with E-state index in [-0.39, 0.29) is 0 Å². The lowest BCUT2D eigenvalue weighted by molar-refractivity contribution is 1.22. The van der Waals surface area contributed by atoms with Crippen LogP contribution in [-0.4, -0.2) is 9.97 Å². The lowest BCUT2D eigenvalue weighted by Crippen LogP contribution is -1.82. The average molecular weight is 256 g/mol. The minimum absolute atomic E-state index is 0.796. The van der Waals surface area contributed by atoms with Crippen molar-refractivity contribution in [3.8, 4) is 11.1 Å². The van der Waals surface area contributed by atoms with Gasteiger partial charge >= 0.3 is 0 Å². The van der Waals surface area contributed by atoms with Crippen LogP contribution in [0.5, 0.6) is 0 Å². The van der Waals surface area contributed by atoms with E-state index in [9.17, 15) is 0 Å². The summed E-state index contributed by atoms with van der Waals surface area (Å²) in [6.07, 6.45) is 2.70. The lowest BCUT2D eigenvalue weighted by Gasteiger charge is -1.99. The SMILES string of the molecule is S=c1[nH]cnc2sc3c(c12)-c1ccccc1C3. The van der Waals surface area contributed by atoms with E-state index in [1.165, 1.54) is 21.6 Å². The fourth-order valence-electron chi connectivity index (χ4n) is 2.49. The summed E-state index contributed by atoms with van der Waals surface area (Å²) in [5, 5.41) is 1.12. The Morgan fingerprint density at radius 3 is 3.12 bits per heavy atom. The average Bonchev–Trinajstić information content (AvgIpc) is 2.84. The first-order valence-corrected chi connectivity index (χ1v) is 6.64. The third kappa shape index (κ3) is 1.19. The van der Waals surface area contributed by atoms with E-state index in [1.807, 2.05) is 0 Å². The summed E-state index contributed by atoms with van der Waals surface area (Å²) in [6, 6.07) is 8.54. The molecule has 1 aromatic carbocycles. The summed E-state index contributed by atoms with van der Waals surface area (Å²) >= 11 is 7.15. The molecule has 17 heavy (non-hydrogen) atoms. The molecule has 4 rings (SSSR count). The molecule has 3 aromatic rings. The summed E-state index contributed by atoms with van der Waals surface area (Å²) in [4.78, 5) is 9.84. The van der Waals surface area contributed by atoms with Crippen LogP contribution in [0.15, 0.2) is 30.6 Å². The van der Waals surface area contributed by atoms with Crippen LogP contribution in [0.1, 0.15) is 10.4 Å². The minimum atomic E-state index is 0.796. The van der Waals surface area contributed by atoms with Gasteiger partial charge in [0.1, 0.15) is 9.47 Å². The summed E-state index contributed by atoms with van der Waals surface area (Å²) < 4.78 is 0.796. The first-order chi connectivity index (χ1) is 8.34. The van der Waals surface area contributed by atoms with Gasteiger partial charge in [-0.05, 0) is 11.1 Å². The number of rotatable bonds is 0. The molecule has 0 bridgehead atoms. The normalized spacial score (nSPS) is 12.7. The van der Waals surface area contributed by atoms with Crippen LogP contribution < -0.4 is 0 Å². The zero-order chi connectivity index (χ0) is 11.4. The fraction of sp³-hybridized carbons (Fsp3) is 0.0769. The second-order valence-corrected chi connectivity index (χ2v) is 5.64. The van der Waals surface area contributed by atoms with Crippen molar-refractivity contribution in [2.75, 3.05) is 0 Å². The zero-order valence-corrected chi connectivity index (χ0v) is 10.5. The first-order valence-electron chi connectivity index (χ1n) is 5.42. The summed E-state index contributed by atoms with van der Waals surface area (Å²) in [5.41, 5.74) is 4.02. The van der Waals surface area contributed by atoms with Crippen LogP contribution in [-0.2, 0) is 6.42 Å². The Bertz CT molecular complexity index is 799. The molecule has 0 atom stereocenters. The van der Waals surface area contributed by atoms with Gasteiger partial charge in [-0.3, -0.25) is 0 Å². The number of aromatic nitrogens is 2. The van der Waals surface area contributed by atoms with E-state index >= 15 is 0 Å². The summed E-state index contributed by atoms with van der Waals surface area (Å²) in [5.74, 6) is 0. The van der Waals surface area contributed by atoms with Crippen molar-refractivity contribution in [3.63, 3.8) is 0 Å². The van der Waals surface area contributed by atoms with E-state index in [0.29, 0.717) is 0 Å². The highest BCUT2D eigenvalue weighted by atomic mass is 32.1. The minimum Gasteiger partial charge on any atom is -0.337 e. The Hall–Kier alpha value is -1.52. The van der Waals surface area contributed by atoms with Gasteiger partial charge < -0.3 is 4.98 Å². The number of benzene rings is 1. The van der Waals surface area contributed by atoms with Crippen LogP contribution in [0.25, 0.3) is 21.3 Å². The van der Waals surface area contributed by atoms with Crippen molar-refractivity contribution in [2.45, 2.75) is 6.42 Å². The number of nitrogens with one attached hydrogen (secondary N) is 1. The van der Waals surface area contributed by atoms with Crippen LogP contribution in [0, 0.1) is 4.64 Å². The predicted molar refractivity (Wildman–Crippen MR) is 73.0 cm³/mol. The van der Waals surface area contributed by atoms with E-state index in [4.69, 9.17) is 12.2 Å². The van der Waals surface area contributed by atoms with Crippen molar-refractivity contribution in [3.05, 3.63) is 45.7 Å². The Labute approximate surface area is 107 Å². The van der Waals surface area contributed by atoms with Crippen molar-refractivity contribution in [1.29, 1.82) is 0 Å². The topological polar surface area (TPSA) is 28.7 Å². The highest BCUT2D eigenvalue weighted by Crippen LogP contribution is 2.45. The standard InChI is InChI=1S/C13H8N2S2/c16-12-11-10-8-4-2-1-3-7(8)5-9(10)17-13(11)15-6-14-12/h1-4,6H,5H2,(H,14,15,16). The van der Waals surface area contributed by atoms with Crippen LogP contribution in [0.2, 0.25) is 0 Å².